The Kier molecular flexibility index (Phi) is 3.61. The van der Waals surface area contributed by atoms with Crippen LogP contribution >= 0.6 is 0 Å². The molecule has 0 bridgehead atoms. The van der Waals surface area contributed by atoms with E-state index in [4.69, 9.17) is 15.1 Å². The van der Waals surface area contributed by atoms with E-state index in [2.05, 4.69) is 35.3 Å². The summed E-state index contributed by atoms with van der Waals surface area (Å²) in [6.07, 6.45) is 1.01. The van der Waals surface area contributed by atoms with E-state index in [9.17, 15) is 0 Å². The zero-order valence-electron chi connectivity index (χ0n) is 13.7. The maximum absolute atomic E-state index is 4.92. The molecule has 3 heterocycles. The summed E-state index contributed by atoms with van der Waals surface area (Å²) in [6, 6.07) is 6.47. The van der Waals surface area contributed by atoms with Crippen LogP contribution in [0.15, 0.2) is 33.3 Å². The molecular formula is C17H22N6. The van der Waals surface area contributed by atoms with Gasteiger partial charge in [-0.25, -0.2) is 4.99 Å². The molecular weight excluding hydrogens is 288 g/mol. The predicted octanol–water partition coefficient (Wildman–Crippen LogP) is 1.59. The molecule has 3 aliphatic heterocycles. The van der Waals surface area contributed by atoms with Gasteiger partial charge >= 0.3 is 0 Å². The molecule has 0 unspecified atom stereocenters. The minimum Gasteiger partial charge on any atom is -0.338 e. The van der Waals surface area contributed by atoms with E-state index in [-0.39, 0.29) is 0 Å². The van der Waals surface area contributed by atoms with Crippen LogP contribution in [0.3, 0.4) is 0 Å². The first-order valence-corrected chi connectivity index (χ1v) is 8.32. The quantitative estimate of drug-likeness (QED) is 0.857. The lowest BCUT2D eigenvalue weighted by Gasteiger charge is -2.38. The normalized spacial score (nSPS) is 20.3. The van der Waals surface area contributed by atoms with Gasteiger partial charge in [0.2, 0.25) is 5.96 Å². The van der Waals surface area contributed by atoms with Crippen molar-refractivity contribution in [1.29, 1.82) is 0 Å². The third-order valence-corrected chi connectivity index (χ3v) is 4.45. The van der Waals surface area contributed by atoms with E-state index in [0.717, 1.165) is 61.4 Å². The van der Waals surface area contributed by atoms with Crippen molar-refractivity contribution in [3.63, 3.8) is 0 Å². The Hall–Kier alpha value is -2.21. The lowest BCUT2D eigenvalue weighted by molar-refractivity contribution is 0.326. The van der Waals surface area contributed by atoms with E-state index in [1.165, 1.54) is 5.56 Å². The lowest BCUT2D eigenvalue weighted by Crippen LogP contribution is -2.54. The number of guanidine groups is 1. The molecule has 1 fully saturated rings. The molecule has 0 spiro atoms. The molecule has 6 nitrogen and oxygen atoms in total. The van der Waals surface area contributed by atoms with Crippen molar-refractivity contribution in [1.82, 2.24) is 15.2 Å². The molecule has 0 aliphatic carbocycles. The summed E-state index contributed by atoms with van der Waals surface area (Å²) < 4.78 is 0. The molecule has 0 amide bonds. The average Bonchev–Trinajstić information content (AvgIpc) is 2.61. The molecule has 0 saturated carbocycles. The number of piperazine rings is 1. The number of hydrogen-bond acceptors (Lipinski definition) is 6. The first-order valence-electron chi connectivity index (χ1n) is 8.32. The van der Waals surface area contributed by atoms with Gasteiger partial charge in [0.05, 0.1) is 17.9 Å². The van der Waals surface area contributed by atoms with Crippen molar-refractivity contribution in [2.45, 2.75) is 20.3 Å². The molecule has 1 N–H and O–H groups in total. The molecule has 1 saturated heterocycles. The SMILES string of the molecule is CCc1ccc2c(c1)C1=NCC(C)=NN1C(N1CCNCC1)=N2. The molecule has 0 radical (unpaired) electrons. The Balaban J connectivity index is 1.82. The number of benzene rings is 1. The minimum absolute atomic E-state index is 0.663. The summed E-state index contributed by atoms with van der Waals surface area (Å²) in [5.41, 5.74) is 4.42. The highest BCUT2D eigenvalue weighted by Crippen LogP contribution is 2.30. The number of nitrogens with zero attached hydrogens (tertiary/aromatic N) is 5. The van der Waals surface area contributed by atoms with Crippen molar-refractivity contribution in [3.8, 4) is 0 Å². The first kappa shape index (κ1) is 14.4. The van der Waals surface area contributed by atoms with Gasteiger partial charge in [0.15, 0.2) is 5.84 Å². The standard InChI is InChI=1S/C17H22N6/c1-3-13-4-5-15-14(10-13)16-19-11-12(2)21-23(16)17(20-15)22-8-6-18-7-9-22/h4-5,10,18H,3,6-9,11H2,1-2H3. The van der Waals surface area contributed by atoms with E-state index in [1.54, 1.807) is 0 Å². The molecule has 23 heavy (non-hydrogen) atoms. The molecule has 120 valence electrons. The number of rotatable bonds is 1. The van der Waals surface area contributed by atoms with Gasteiger partial charge < -0.3 is 10.2 Å². The Labute approximate surface area is 136 Å². The van der Waals surface area contributed by atoms with Crippen LogP contribution in [0, 0.1) is 0 Å². The number of aliphatic imine (C=N–C) groups is 2. The number of aryl methyl sites for hydroxylation is 1. The van der Waals surface area contributed by atoms with Gasteiger partial charge in [-0.15, -0.1) is 0 Å². The predicted molar refractivity (Wildman–Crippen MR) is 93.7 cm³/mol. The second-order valence-electron chi connectivity index (χ2n) is 6.14. The molecule has 1 aromatic carbocycles. The van der Waals surface area contributed by atoms with Crippen molar-refractivity contribution >= 4 is 23.2 Å². The largest absolute Gasteiger partial charge is 0.338 e. The zero-order valence-corrected chi connectivity index (χ0v) is 13.7. The van der Waals surface area contributed by atoms with Crippen molar-refractivity contribution in [2.75, 3.05) is 32.7 Å². The topological polar surface area (TPSA) is 55.6 Å². The van der Waals surface area contributed by atoms with E-state index in [0.29, 0.717) is 6.54 Å². The monoisotopic (exact) mass is 310 g/mol. The van der Waals surface area contributed by atoms with Gasteiger partial charge in [-0.1, -0.05) is 13.0 Å². The summed E-state index contributed by atoms with van der Waals surface area (Å²) in [4.78, 5) is 12.0. The third-order valence-electron chi connectivity index (χ3n) is 4.45. The molecule has 1 aromatic rings. The van der Waals surface area contributed by atoms with E-state index < -0.39 is 0 Å². The maximum atomic E-state index is 4.92. The summed E-state index contributed by atoms with van der Waals surface area (Å²) >= 11 is 0. The second-order valence-corrected chi connectivity index (χ2v) is 6.14. The second kappa shape index (κ2) is 5.77. The maximum Gasteiger partial charge on any atom is 0.229 e. The van der Waals surface area contributed by atoms with Crippen molar-refractivity contribution in [3.05, 3.63) is 29.3 Å². The van der Waals surface area contributed by atoms with E-state index in [1.807, 2.05) is 11.9 Å². The number of fused-ring (bicyclic) bond motifs is 3. The lowest BCUT2D eigenvalue weighted by atomic mass is 10.0. The Morgan fingerprint density at radius 1 is 1.22 bits per heavy atom. The zero-order chi connectivity index (χ0) is 15.8. The molecule has 6 heteroatoms. The van der Waals surface area contributed by atoms with Crippen LogP contribution in [0.5, 0.6) is 0 Å². The van der Waals surface area contributed by atoms with Crippen LogP contribution in [0.4, 0.5) is 5.69 Å². The van der Waals surface area contributed by atoms with Crippen LogP contribution in [0.25, 0.3) is 0 Å². The Bertz CT molecular complexity index is 712. The highest BCUT2D eigenvalue weighted by atomic mass is 15.6. The van der Waals surface area contributed by atoms with Crippen molar-refractivity contribution < 1.29 is 0 Å². The number of hydrazone groups is 1. The van der Waals surface area contributed by atoms with Crippen LogP contribution in [-0.4, -0.2) is 60.1 Å². The Morgan fingerprint density at radius 2 is 2.04 bits per heavy atom. The average molecular weight is 310 g/mol. The first-order chi connectivity index (χ1) is 11.3. The molecule has 0 aromatic heterocycles. The van der Waals surface area contributed by atoms with Gasteiger partial charge in [0.25, 0.3) is 0 Å². The van der Waals surface area contributed by atoms with Gasteiger partial charge in [-0.3, -0.25) is 4.99 Å². The van der Waals surface area contributed by atoms with Crippen LogP contribution in [-0.2, 0) is 6.42 Å². The molecule has 4 rings (SSSR count). The molecule has 3 aliphatic rings. The highest BCUT2D eigenvalue weighted by molar-refractivity contribution is 6.16. The van der Waals surface area contributed by atoms with E-state index >= 15 is 0 Å². The van der Waals surface area contributed by atoms with Gasteiger partial charge in [0.1, 0.15) is 0 Å². The van der Waals surface area contributed by atoms with Gasteiger partial charge in [0, 0.05) is 31.7 Å². The van der Waals surface area contributed by atoms with Crippen molar-refractivity contribution in [2.24, 2.45) is 15.1 Å². The fraction of sp³-hybridized carbons (Fsp3) is 0.471. The van der Waals surface area contributed by atoms with Gasteiger partial charge in [-0.05, 0) is 31.0 Å². The van der Waals surface area contributed by atoms with Crippen LogP contribution < -0.4 is 5.32 Å². The minimum atomic E-state index is 0.663. The third kappa shape index (κ3) is 2.53. The Morgan fingerprint density at radius 3 is 2.83 bits per heavy atom. The summed E-state index contributed by atoms with van der Waals surface area (Å²) in [6.45, 7) is 8.69. The van der Waals surface area contributed by atoms with Crippen LogP contribution in [0.1, 0.15) is 25.0 Å². The molecule has 0 atom stereocenters. The summed E-state index contributed by atoms with van der Waals surface area (Å²) in [7, 11) is 0. The van der Waals surface area contributed by atoms with Crippen LogP contribution in [0.2, 0.25) is 0 Å². The summed E-state index contributed by atoms with van der Waals surface area (Å²) in [5.74, 6) is 1.84. The number of nitrogens with one attached hydrogen (secondary N) is 1. The fourth-order valence-corrected chi connectivity index (χ4v) is 3.15. The number of amidine groups is 1. The number of hydrogen-bond donors (Lipinski definition) is 1. The fourth-order valence-electron chi connectivity index (χ4n) is 3.15. The van der Waals surface area contributed by atoms with Gasteiger partial charge in [-0.2, -0.15) is 10.1 Å². The highest BCUT2D eigenvalue weighted by Gasteiger charge is 2.32. The smallest absolute Gasteiger partial charge is 0.229 e. The summed E-state index contributed by atoms with van der Waals surface area (Å²) in [5, 5.41) is 10.1.